The minimum Gasteiger partial charge on any atom is -0.599 e. The fourth-order valence-electron chi connectivity index (χ4n) is 2.90. The van der Waals surface area contributed by atoms with Crippen molar-refractivity contribution < 1.29 is 27.3 Å². The second-order valence-electron chi connectivity index (χ2n) is 5.87. The van der Waals surface area contributed by atoms with Gasteiger partial charge in [0.1, 0.15) is 17.5 Å². The Labute approximate surface area is 140 Å². The topological polar surface area (TPSA) is 62.7 Å². The van der Waals surface area contributed by atoms with Crippen molar-refractivity contribution in [2.24, 2.45) is 0 Å². The van der Waals surface area contributed by atoms with E-state index in [1.807, 2.05) is 0 Å². The summed E-state index contributed by atoms with van der Waals surface area (Å²) in [4.78, 5) is 11.5. The summed E-state index contributed by atoms with van der Waals surface area (Å²) in [6.07, 6.45) is 1.24. The van der Waals surface area contributed by atoms with Crippen LogP contribution >= 0.6 is 0 Å². The molecule has 0 spiro atoms. The van der Waals surface area contributed by atoms with Crippen LogP contribution in [0.5, 0.6) is 11.5 Å². The van der Waals surface area contributed by atoms with Crippen molar-refractivity contribution in [2.75, 3.05) is 0 Å². The molecule has 0 saturated heterocycles. The Bertz CT molecular complexity index is 1110. The van der Waals surface area contributed by atoms with Crippen LogP contribution in [0.1, 0.15) is 11.1 Å². The first kappa shape index (κ1) is 15.4. The molecular formula is C17H12BF2NO4. The van der Waals surface area contributed by atoms with Crippen molar-refractivity contribution in [3.8, 4) is 11.5 Å². The van der Waals surface area contributed by atoms with Crippen molar-refractivity contribution in [1.29, 1.82) is 0 Å². The lowest BCUT2D eigenvalue weighted by Gasteiger charge is -2.28. The summed E-state index contributed by atoms with van der Waals surface area (Å²) in [5.41, 5.74) is 0.911. The average molecular weight is 343 g/mol. The number of aryl methyl sites for hydroxylation is 1. The second kappa shape index (κ2) is 5.17. The minimum absolute atomic E-state index is 0.0931. The normalized spacial score (nSPS) is 15.4. The van der Waals surface area contributed by atoms with Gasteiger partial charge in [0.2, 0.25) is 0 Å². The summed E-state index contributed by atoms with van der Waals surface area (Å²) in [5, 5.41) is 10.1. The van der Waals surface area contributed by atoms with Crippen LogP contribution in [0.25, 0.3) is 11.0 Å². The van der Waals surface area contributed by atoms with E-state index in [2.05, 4.69) is 0 Å². The lowest BCUT2D eigenvalue weighted by molar-refractivity contribution is -0.343. The molecule has 0 radical (unpaired) electrons. The highest BCUT2D eigenvalue weighted by Gasteiger charge is 2.50. The summed E-state index contributed by atoms with van der Waals surface area (Å²) in [5.74, 6) is -0.250. The summed E-state index contributed by atoms with van der Waals surface area (Å²) >= 11 is 0. The molecule has 3 aromatic rings. The van der Waals surface area contributed by atoms with Gasteiger partial charge in [-0.25, -0.2) is 4.79 Å². The molecule has 0 amide bonds. The molecule has 126 valence electrons. The van der Waals surface area contributed by atoms with Gasteiger partial charge in [0.25, 0.3) is 0 Å². The standard InChI is InChI=1S/C17H12BF2NO4/c1-10-6-17(23)24-16-7-12(3-5-14(10)16)21-9-11-2-4-13(22)8-15(11)25-18(21,19)20/h2-9,22H,1H3. The van der Waals surface area contributed by atoms with Gasteiger partial charge in [-0.15, -0.1) is 0 Å². The highest BCUT2D eigenvalue weighted by molar-refractivity contribution is 6.53. The molecule has 1 aromatic heterocycles. The lowest BCUT2D eigenvalue weighted by Crippen LogP contribution is -2.46. The monoisotopic (exact) mass is 343 g/mol. The van der Waals surface area contributed by atoms with E-state index in [0.717, 1.165) is 6.07 Å². The number of nitrogens with zero attached hydrogens (tertiary/aromatic N) is 1. The van der Waals surface area contributed by atoms with Gasteiger partial charge in [-0.2, -0.15) is 0 Å². The van der Waals surface area contributed by atoms with Gasteiger partial charge >= 0.3 is 12.7 Å². The molecule has 0 bridgehead atoms. The van der Waals surface area contributed by atoms with Crippen molar-refractivity contribution in [1.82, 2.24) is 0 Å². The summed E-state index contributed by atoms with van der Waals surface area (Å²) in [6, 6.07) is 9.86. The first-order valence-corrected chi connectivity index (χ1v) is 7.54. The van der Waals surface area contributed by atoms with Crippen LogP contribution in [-0.2, 0) is 0 Å². The lowest BCUT2D eigenvalue weighted by atomic mass is 9.97. The summed E-state index contributed by atoms with van der Waals surface area (Å²) < 4.78 is 39.6. The highest BCUT2D eigenvalue weighted by atomic mass is 19.3. The Morgan fingerprint density at radius 1 is 1.12 bits per heavy atom. The van der Waals surface area contributed by atoms with E-state index in [1.54, 1.807) is 13.0 Å². The van der Waals surface area contributed by atoms with E-state index in [1.165, 1.54) is 36.5 Å². The smallest absolute Gasteiger partial charge is 0.599 e. The number of phenols is 1. The van der Waals surface area contributed by atoms with Gasteiger partial charge in [0.15, 0.2) is 5.69 Å². The predicted molar refractivity (Wildman–Crippen MR) is 89.0 cm³/mol. The molecule has 0 saturated carbocycles. The van der Waals surface area contributed by atoms with Crippen LogP contribution in [-0.4, -0.2) is 22.8 Å². The molecule has 2 aromatic carbocycles. The fraction of sp³-hybridized carbons (Fsp3) is 0.0588. The third kappa shape index (κ3) is 2.55. The maximum Gasteiger partial charge on any atom is 0.834 e. The van der Waals surface area contributed by atoms with E-state index in [9.17, 15) is 18.5 Å². The first-order chi connectivity index (χ1) is 11.8. The molecule has 0 fully saturated rings. The van der Waals surface area contributed by atoms with Gasteiger partial charge in [-0.1, -0.05) is 0 Å². The molecule has 1 aliphatic rings. The van der Waals surface area contributed by atoms with Gasteiger partial charge in [0.05, 0.1) is 11.3 Å². The number of fused-ring (bicyclic) bond motifs is 2. The Kier molecular flexibility index (Phi) is 3.18. The molecule has 4 rings (SSSR count). The van der Waals surface area contributed by atoms with Crippen LogP contribution in [0.3, 0.4) is 0 Å². The van der Waals surface area contributed by atoms with Gasteiger partial charge in [-0.05, 0) is 30.7 Å². The largest absolute Gasteiger partial charge is 0.834 e. The molecule has 0 unspecified atom stereocenters. The summed E-state index contributed by atoms with van der Waals surface area (Å²) in [7, 11) is -4.40. The number of halogens is 2. The Hall–Kier alpha value is -3.16. The zero-order valence-electron chi connectivity index (χ0n) is 13.1. The Balaban J connectivity index is 1.92. The Morgan fingerprint density at radius 2 is 1.92 bits per heavy atom. The van der Waals surface area contributed by atoms with Crippen LogP contribution in [0.2, 0.25) is 0 Å². The molecule has 8 heteroatoms. The number of rotatable bonds is 1. The molecular weight excluding hydrogens is 331 g/mol. The van der Waals surface area contributed by atoms with Crippen molar-refractivity contribution >= 4 is 29.9 Å². The first-order valence-electron chi connectivity index (χ1n) is 7.54. The SMILES string of the molecule is Cc1cc(=O)oc2cc([N+]3=Cc4ccc(O)cc4O[B-]3(F)F)ccc12. The summed E-state index contributed by atoms with van der Waals surface area (Å²) in [6.45, 7) is 1.75. The number of benzene rings is 2. The molecule has 0 atom stereocenters. The van der Waals surface area contributed by atoms with Crippen LogP contribution < -0.4 is 10.3 Å². The minimum atomic E-state index is -4.40. The molecule has 0 aliphatic carbocycles. The second-order valence-corrected chi connectivity index (χ2v) is 5.87. The maximum absolute atomic E-state index is 14.5. The number of phenolic OH excluding ortho intramolecular Hbond substituents is 1. The van der Waals surface area contributed by atoms with Gasteiger partial charge in [-0.3, -0.25) is 0 Å². The van der Waals surface area contributed by atoms with Crippen LogP contribution in [0.4, 0.5) is 14.3 Å². The van der Waals surface area contributed by atoms with Gasteiger partial charge < -0.3 is 27.3 Å². The van der Waals surface area contributed by atoms with E-state index in [0.29, 0.717) is 21.0 Å². The van der Waals surface area contributed by atoms with E-state index < -0.39 is 12.7 Å². The zero-order valence-corrected chi connectivity index (χ0v) is 13.1. The zero-order chi connectivity index (χ0) is 17.8. The predicted octanol–water partition coefficient (Wildman–Crippen LogP) is 3.34. The quantitative estimate of drug-likeness (QED) is 0.544. The fourth-order valence-corrected chi connectivity index (χ4v) is 2.90. The van der Waals surface area contributed by atoms with E-state index in [4.69, 9.17) is 9.07 Å². The van der Waals surface area contributed by atoms with Crippen molar-refractivity contribution in [3.63, 3.8) is 0 Å². The Morgan fingerprint density at radius 3 is 2.72 bits per heavy atom. The third-order valence-corrected chi connectivity index (χ3v) is 4.10. The maximum atomic E-state index is 14.5. The van der Waals surface area contributed by atoms with Crippen molar-refractivity contribution in [2.45, 2.75) is 6.92 Å². The van der Waals surface area contributed by atoms with Gasteiger partial charge in [0, 0.05) is 29.7 Å². The molecule has 1 aliphatic heterocycles. The van der Waals surface area contributed by atoms with Crippen LogP contribution in [0.15, 0.2) is 51.7 Å². The molecule has 2 heterocycles. The molecule has 5 nitrogen and oxygen atoms in total. The van der Waals surface area contributed by atoms with Crippen molar-refractivity contribution in [3.05, 3.63) is 64.0 Å². The number of hydrogen-bond donors (Lipinski definition) is 1. The average Bonchev–Trinajstić information content (AvgIpc) is 2.52. The van der Waals surface area contributed by atoms with Crippen LogP contribution in [0, 0.1) is 6.92 Å². The van der Waals surface area contributed by atoms with E-state index in [-0.39, 0.29) is 22.8 Å². The molecule has 1 N–H and O–H groups in total. The number of aromatic hydroxyl groups is 1. The molecule has 25 heavy (non-hydrogen) atoms. The third-order valence-electron chi connectivity index (χ3n) is 4.10. The number of hydrogen-bond acceptors (Lipinski definition) is 4. The highest BCUT2D eigenvalue weighted by Crippen LogP contribution is 2.34. The van der Waals surface area contributed by atoms with E-state index >= 15 is 0 Å².